The van der Waals surface area contributed by atoms with Gasteiger partial charge in [-0.15, -0.1) is 0 Å². The van der Waals surface area contributed by atoms with Crippen LogP contribution in [0.15, 0.2) is 54.6 Å². The van der Waals surface area contributed by atoms with Gasteiger partial charge in [0.1, 0.15) is 12.4 Å². The summed E-state index contributed by atoms with van der Waals surface area (Å²) in [6, 6.07) is 15.7. The number of carboxylic acids is 1. The molecule has 2 aromatic rings. The highest BCUT2D eigenvalue weighted by atomic mass is 16.5. The van der Waals surface area contributed by atoms with E-state index < -0.39 is 5.97 Å². The zero-order valence-electron chi connectivity index (χ0n) is 12.0. The Morgan fingerprint density at radius 3 is 2.67 bits per heavy atom. The maximum absolute atomic E-state index is 10.5. The summed E-state index contributed by atoms with van der Waals surface area (Å²) in [6.07, 6.45) is 3.68. The van der Waals surface area contributed by atoms with Crippen LogP contribution in [-0.4, -0.2) is 11.1 Å². The second kappa shape index (κ2) is 7.29. The molecule has 0 aliphatic rings. The van der Waals surface area contributed by atoms with Gasteiger partial charge in [0, 0.05) is 6.08 Å². The minimum absolute atomic E-state index is 0.460. The predicted octanol–water partition coefficient (Wildman–Crippen LogP) is 3.93. The molecule has 1 N–H and O–H groups in total. The number of carbonyl (C=O) groups is 1. The largest absolute Gasteiger partial charge is 0.489 e. The summed E-state index contributed by atoms with van der Waals surface area (Å²) in [7, 11) is 0. The summed E-state index contributed by atoms with van der Waals surface area (Å²) < 4.78 is 5.77. The number of hydrogen-bond acceptors (Lipinski definition) is 2. The Bertz CT molecular complexity index is 644. The summed E-state index contributed by atoms with van der Waals surface area (Å²) in [6.45, 7) is 2.57. The number of carboxylic acid groups (broad SMARTS) is 1. The maximum atomic E-state index is 10.5. The van der Waals surface area contributed by atoms with E-state index in [-0.39, 0.29) is 0 Å². The number of aliphatic carboxylic acids is 1. The summed E-state index contributed by atoms with van der Waals surface area (Å²) in [4.78, 5) is 10.5. The SMILES string of the molecule is CCc1cccc(OCc2cccc(C=CC(=O)O)c2)c1. The molecule has 3 heteroatoms. The summed E-state index contributed by atoms with van der Waals surface area (Å²) in [5, 5.41) is 8.63. The van der Waals surface area contributed by atoms with Crippen LogP contribution in [0.1, 0.15) is 23.6 Å². The molecule has 108 valence electrons. The van der Waals surface area contributed by atoms with Gasteiger partial charge in [-0.25, -0.2) is 4.79 Å². The van der Waals surface area contributed by atoms with E-state index >= 15 is 0 Å². The van der Waals surface area contributed by atoms with Crippen molar-refractivity contribution in [1.82, 2.24) is 0 Å². The number of benzene rings is 2. The van der Waals surface area contributed by atoms with Crippen molar-refractivity contribution in [3.05, 3.63) is 71.3 Å². The van der Waals surface area contributed by atoms with Crippen LogP contribution in [0.4, 0.5) is 0 Å². The van der Waals surface area contributed by atoms with E-state index in [1.54, 1.807) is 6.08 Å². The van der Waals surface area contributed by atoms with Crippen molar-refractivity contribution in [2.75, 3.05) is 0 Å². The molecule has 0 amide bonds. The third kappa shape index (κ3) is 4.80. The molecular weight excluding hydrogens is 264 g/mol. The Morgan fingerprint density at radius 2 is 1.90 bits per heavy atom. The molecule has 0 saturated carbocycles. The van der Waals surface area contributed by atoms with E-state index in [2.05, 4.69) is 13.0 Å². The van der Waals surface area contributed by atoms with Gasteiger partial charge in [0.15, 0.2) is 0 Å². The lowest BCUT2D eigenvalue weighted by molar-refractivity contribution is -0.131. The molecule has 21 heavy (non-hydrogen) atoms. The van der Waals surface area contributed by atoms with Crippen molar-refractivity contribution >= 4 is 12.0 Å². The fraction of sp³-hybridized carbons (Fsp3) is 0.167. The Labute approximate surface area is 124 Å². The zero-order valence-corrected chi connectivity index (χ0v) is 12.0. The van der Waals surface area contributed by atoms with E-state index in [1.807, 2.05) is 42.5 Å². The van der Waals surface area contributed by atoms with Crippen LogP contribution in [-0.2, 0) is 17.8 Å². The number of rotatable bonds is 6. The highest BCUT2D eigenvalue weighted by Gasteiger charge is 1.98. The maximum Gasteiger partial charge on any atom is 0.328 e. The third-order valence-electron chi connectivity index (χ3n) is 3.08. The smallest absolute Gasteiger partial charge is 0.328 e. The van der Waals surface area contributed by atoms with Crippen LogP contribution >= 0.6 is 0 Å². The standard InChI is InChI=1S/C18H18O3/c1-2-14-5-4-8-17(12-14)21-13-16-7-3-6-15(11-16)9-10-18(19)20/h3-12H,2,13H2,1H3,(H,19,20). The average Bonchev–Trinajstić information content (AvgIpc) is 2.51. The van der Waals surface area contributed by atoms with Gasteiger partial charge in [0.2, 0.25) is 0 Å². The van der Waals surface area contributed by atoms with Crippen LogP contribution < -0.4 is 4.74 Å². The topological polar surface area (TPSA) is 46.5 Å². The Balaban J connectivity index is 2.02. The van der Waals surface area contributed by atoms with Gasteiger partial charge in [-0.2, -0.15) is 0 Å². The summed E-state index contributed by atoms with van der Waals surface area (Å²) in [5.41, 5.74) is 3.09. The second-order valence-corrected chi connectivity index (χ2v) is 4.71. The Morgan fingerprint density at radius 1 is 1.14 bits per heavy atom. The summed E-state index contributed by atoms with van der Waals surface area (Å²) >= 11 is 0. The third-order valence-corrected chi connectivity index (χ3v) is 3.08. The molecule has 0 heterocycles. The lowest BCUT2D eigenvalue weighted by atomic mass is 10.1. The minimum atomic E-state index is -0.951. The van der Waals surface area contributed by atoms with Crippen molar-refractivity contribution < 1.29 is 14.6 Å². The molecule has 0 fully saturated rings. The molecule has 2 rings (SSSR count). The lowest BCUT2D eigenvalue weighted by Crippen LogP contribution is -1.96. The minimum Gasteiger partial charge on any atom is -0.489 e. The predicted molar refractivity (Wildman–Crippen MR) is 83.3 cm³/mol. The molecule has 0 spiro atoms. The highest BCUT2D eigenvalue weighted by Crippen LogP contribution is 2.16. The van der Waals surface area contributed by atoms with Crippen LogP contribution in [0.2, 0.25) is 0 Å². The van der Waals surface area contributed by atoms with E-state index in [0.717, 1.165) is 29.4 Å². The molecule has 0 bridgehead atoms. The van der Waals surface area contributed by atoms with E-state index in [4.69, 9.17) is 9.84 Å². The normalized spacial score (nSPS) is 10.7. The number of aryl methyl sites for hydroxylation is 1. The van der Waals surface area contributed by atoms with Crippen LogP contribution in [0.25, 0.3) is 6.08 Å². The Kier molecular flexibility index (Phi) is 5.16. The summed E-state index contributed by atoms with van der Waals surface area (Å²) in [5.74, 6) is -0.103. The van der Waals surface area contributed by atoms with Gasteiger partial charge in [-0.05, 0) is 47.4 Å². The highest BCUT2D eigenvalue weighted by molar-refractivity contribution is 5.85. The van der Waals surface area contributed by atoms with Crippen molar-refractivity contribution in [3.8, 4) is 5.75 Å². The van der Waals surface area contributed by atoms with E-state index in [1.165, 1.54) is 5.56 Å². The quantitative estimate of drug-likeness (QED) is 0.817. The second-order valence-electron chi connectivity index (χ2n) is 4.71. The van der Waals surface area contributed by atoms with Gasteiger partial charge in [-0.3, -0.25) is 0 Å². The van der Waals surface area contributed by atoms with Gasteiger partial charge >= 0.3 is 5.97 Å². The molecule has 3 nitrogen and oxygen atoms in total. The van der Waals surface area contributed by atoms with Crippen molar-refractivity contribution in [2.45, 2.75) is 20.0 Å². The first-order valence-electron chi connectivity index (χ1n) is 6.89. The van der Waals surface area contributed by atoms with Crippen LogP contribution in [0, 0.1) is 0 Å². The van der Waals surface area contributed by atoms with Gasteiger partial charge in [-0.1, -0.05) is 37.3 Å². The van der Waals surface area contributed by atoms with Gasteiger partial charge < -0.3 is 9.84 Å². The molecule has 0 aliphatic carbocycles. The molecule has 0 aromatic heterocycles. The van der Waals surface area contributed by atoms with Crippen LogP contribution in [0.3, 0.4) is 0 Å². The fourth-order valence-electron chi connectivity index (χ4n) is 1.98. The molecular formula is C18H18O3. The van der Waals surface area contributed by atoms with E-state index in [9.17, 15) is 4.79 Å². The zero-order chi connectivity index (χ0) is 15.1. The number of ether oxygens (including phenoxy) is 1. The molecule has 0 saturated heterocycles. The lowest BCUT2D eigenvalue weighted by Gasteiger charge is -2.08. The van der Waals surface area contributed by atoms with Gasteiger partial charge in [0.25, 0.3) is 0 Å². The first-order valence-corrected chi connectivity index (χ1v) is 6.89. The molecule has 0 radical (unpaired) electrons. The van der Waals surface area contributed by atoms with E-state index in [0.29, 0.717) is 6.61 Å². The molecule has 0 unspecified atom stereocenters. The average molecular weight is 282 g/mol. The Hall–Kier alpha value is -2.55. The molecule has 0 aliphatic heterocycles. The number of hydrogen-bond donors (Lipinski definition) is 1. The van der Waals surface area contributed by atoms with Crippen molar-refractivity contribution in [2.24, 2.45) is 0 Å². The monoisotopic (exact) mass is 282 g/mol. The first kappa shape index (κ1) is 14.9. The van der Waals surface area contributed by atoms with Gasteiger partial charge in [0.05, 0.1) is 0 Å². The van der Waals surface area contributed by atoms with Crippen molar-refractivity contribution in [3.63, 3.8) is 0 Å². The first-order chi connectivity index (χ1) is 10.2. The molecule has 0 atom stereocenters. The molecule has 2 aromatic carbocycles. The fourth-order valence-corrected chi connectivity index (χ4v) is 1.98. The van der Waals surface area contributed by atoms with Crippen LogP contribution in [0.5, 0.6) is 5.75 Å². The van der Waals surface area contributed by atoms with Crippen molar-refractivity contribution in [1.29, 1.82) is 0 Å².